The zero-order valence-corrected chi connectivity index (χ0v) is 11.3. The summed E-state index contributed by atoms with van der Waals surface area (Å²) >= 11 is 0. The Kier molecular flexibility index (Phi) is 3.23. The van der Waals surface area contributed by atoms with Crippen molar-refractivity contribution in [2.45, 2.75) is 6.92 Å². The van der Waals surface area contributed by atoms with E-state index in [9.17, 15) is 10.1 Å². The Morgan fingerprint density at radius 2 is 1.86 bits per heavy atom. The fourth-order valence-corrected chi connectivity index (χ4v) is 2.12. The molecule has 2 aromatic carbocycles. The third-order valence-corrected chi connectivity index (χ3v) is 3.06. The van der Waals surface area contributed by atoms with Crippen LogP contribution in [0.15, 0.2) is 54.6 Å². The van der Waals surface area contributed by atoms with Crippen LogP contribution in [0.25, 0.3) is 10.9 Å². The maximum atomic E-state index is 10.9. The molecule has 0 aliphatic rings. The summed E-state index contributed by atoms with van der Waals surface area (Å²) < 4.78 is 5.84. The summed E-state index contributed by atoms with van der Waals surface area (Å²) in [5.74, 6) is 1.24. The molecule has 1 aromatic heterocycles. The van der Waals surface area contributed by atoms with E-state index >= 15 is 0 Å². The van der Waals surface area contributed by atoms with Gasteiger partial charge in [-0.05, 0) is 25.1 Å². The Bertz CT molecular complexity index is 816. The van der Waals surface area contributed by atoms with Crippen LogP contribution in [0, 0.1) is 17.0 Å². The lowest BCUT2D eigenvalue weighted by atomic mass is 10.1. The lowest BCUT2D eigenvalue weighted by Gasteiger charge is -2.09. The first kappa shape index (κ1) is 13.1. The number of pyridine rings is 1. The molecule has 3 aromatic rings. The minimum atomic E-state index is -0.425. The third kappa shape index (κ3) is 2.67. The summed E-state index contributed by atoms with van der Waals surface area (Å²) in [6, 6.07) is 15.6. The summed E-state index contributed by atoms with van der Waals surface area (Å²) in [4.78, 5) is 14.9. The van der Waals surface area contributed by atoms with Crippen molar-refractivity contribution in [3.8, 4) is 11.5 Å². The van der Waals surface area contributed by atoms with Crippen LogP contribution in [0.5, 0.6) is 11.5 Å². The van der Waals surface area contributed by atoms with E-state index in [1.54, 1.807) is 12.1 Å². The molecule has 0 atom stereocenters. The fraction of sp³-hybridized carbons (Fsp3) is 0.0625. The molecule has 104 valence electrons. The van der Waals surface area contributed by atoms with Crippen LogP contribution in [0.4, 0.5) is 5.69 Å². The fourth-order valence-electron chi connectivity index (χ4n) is 2.12. The van der Waals surface area contributed by atoms with E-state index in [2.05, 4.69) is 4.98 Å². The Morgan fingerprint density at radius 3 is 2.57 bits per heavy atom. The van der Waals surface area contributed by atoms with E-state index in [1.165, 1.54) is 12.1 Å². The van der Waals surface area contributed by atoms with Gasteiger partial charge in [-0.3, -0.25) is 15.1 Å². The summed E-state index contributed by atoms with van der Waals surface area (Å²) in [5, 5.41) is 11.5. The standard InChI is InChI=1S/C16H12N2O3/c1-11-9-16(21-13-5-3-2-4-6-13)14-10-12(18(19)20)7-8-15(14)17-11/h2-10H,1H3. The van der Waals surface area contributed by atoms with E-state index in [-0.39, 0.29) is 5.69 Å². The van der Waals surface area contributed by atoms with Crippen LogP contribution >= 0.6 is 0 Å². The number of nitrogens with zero attached hydrogens (tertiary/aromatic N) is 2. The first-order chi connectivity index (χ1) is 10.1. The monoisotopic (exact) mass is 280 g/mol. The van der Waals surface area contributed by atoms with Crippen molar-refractivity contribution in [3.05, 3.63) is 70.4 Å². The molecule has 0 saturated heterocycles. The van der Waals surface area contributed by atoms with E-state index in [0.717, 1.165) is 5.69 Å². The second-order valence-corrected chi connectivity index (χ2v) is 4.64. The van der Waals surface area contributed by atoms with E-state index in [1.807, 2.05) is 37.3 Å². The lowest BCUT2D eigenvalue weighted by Crippen LogP contribution is -1.93. The van der Waals surface area contributed by atoms with Crippen LogP contribution in [-0.4, -0.2) is 9.91 Å². The zero-order valence-electron chi connectivity index (χ0n) is 11.3. The molecule has 0 saturated carbocycles. The highest BCUT2D eigenvalue weighted by Gasteiger charge is 2.12. The number of hydrogen-bond acceptors (Lipinski definition) is 4. The smallest absolute Gasteiger partial charge is 0.270 e. The van der Waals surface area contributed by atoms with Crippen LogP contribution in [-0.2, 0) is 0 Å². The van der Waals surface area contributed by atoms with Gasteiger partial charge in [0.2, 0.25) is 0 Å². The molecular formula is C16H12N2O3. The number of aromatic nitrogens is 1. The molecule has 3 rings (SSSR count). The number of rotatable bonds is 3. The average Bonchev–Trinajstić information content (AvgIpc) is 2.47. The topological polar surface area (TPSA) is 65.3 Å². The van der Waals surface area contributed by atoms with E-state index < -0.39 is 4.92 Å². The summed E-state index contributed by atoms with van der Waals surface area (Å²) in [6.45, 7) is 1.86. The number of benzene rings is 2. The van der Waals surface area contributed by atoms with E-state index in [4.69, 9.17) is 4.74 Å². The minimum absolute atomic E-state index is 0.0195. The Morgan fingerprint density at radius 1 is 1.10 bits per heavy atom. The van der Waals surface area contributed by atoms with Gasteiger partial charge in [0.05, 0.1) is 10.4 Å². The molecule has 0 aliphatic carbocycles. The molecule has 21 heavy (non-hydrogen) atoms. The van der Waals surface area contributed by atoms with Crippen LogP contribution < -0.4 is 4.74 Å². The normalized spacial score (nSPS) is 10.5. The van der Waals surface area contributed by atoms with Gasteiger partial charge in [-0.1, -0.05) is 18.2 Å². The largest absolute Gasteiger partial charge is 0.457 e. The van der Waals surface area contributed by atoms with Gasteiger partial charge in [-0.25, -0.2) is 0 Å². The number of nitro groups is 1. The van der Waals surface area contributed by atoms with Crippen LogP contribution in [0.1, 0.15) is 5.69 Å². The molecular weight excluding hydrogens is 268 g/mol. The van der Waals surface area contributed by atoms with Crippen LogP contribution in [0.2, 0.25) is 0 Å². The molecule has 0 radical (unpaired) electrons. The zero-order chi connectivity index (χ0) is 14.8. The van der Waals surface area contributed by atoms with Crippen molar-refractivity contribution >= 4 is 16.6 Å². The number of non-ortho nitro benzene ring substituents is 1. The summed E-state index contributed by atoms with van der Waals surface area (Å²) in [5.41, 5.74) is 1.49. The maximum Gasteiger partial charge on any atom is 0.270 e. The van der Waals surface area contributed by atoms with Crippen molar-refractivity contribution in [1.29, 1.82) is 0 Å². The highest BCUT2D eigenvalue weighted by Crippen LogP contribution is 2.32. The highest BCUT2D eigenvalue weighted by molar-refractivity contribution is 5.87. The van der Waals surface area contributed by atoms with Crippen molar-refractivity contribution < 1.29 is 9.66 Å². The number of hydrogen-bond donors (Lipinski definition) is 0. The molecule has 0 unspecified atom stereocenters. The molecule has 0 N–H and O–H groups in total. The number of aryl methyl sites for hydroxylation is 1. The molecule has 5 nitrogen and oxygen atoms in total. The van der Waals surface area contributed by atoms with Gasteiger partial charge in [0.1, 0.15) is 11.5 Å². The average molecular weight is 280 g/mol. The van der Waals surface area contributed by atoms with Crippen molar-refractivity contribution in [2.24, 2.45) is 0 Å². The van der Waals surface area contributed by atoms with Gasteiger partial charge < -0.3 is 4.74 Å². The predicted octanol–water partition coefficient (Wildman–Crippen LogP) is 4.24. The van der Waals surface area contributed by atoms with E-state index in [0.29, 0.717) is 22.4 Å². The van der Waals surface area contributed by atoms with Gasteiger partial charge in [0, 0.05) is 29.3 Å². The van der Waals surface area contributed by atoms with Crippen LogP contribution in [0.3, 0.4) is 0 Å². The van der Waals surface area contributed by atoms with Crippen molar-refractivity contribution in [3.63, 3.8) is 0 Å². The van der Waals surface area contributed by atoms with Crippen molar-refractivity contribution in [1.82, 2.24) is 4.98 Å². The molecule has 0 fully saturated rings. The summed E-state index contributed by atoms with van der Waals surface area (Å²) in [7, 11) is 0. The number of nitro benzene ring substituents is 1. The second kappa shape index (κ2) is 5.20. The summed E-state index contributed by atoms with van der Waals surface area (Å²) in [6.07, 6.45) is 0. The number of ether oxygens (including phenoxy) is 1. The SMILES string of the molecule is Cc1cc(Oc2ccccc2)c2cc([N+](=O)[O-])ccc2n1. The molecule has 0 amide bonds. The van der Waals surface area contributed by atoms with Gasteiger partial charge in [0.25, 0.3) is 5.69 Å². The van der Waals surface area contributed by atoms with Gasteiger partial charge in [-0.2, -0.15) is 0 Å². The number of para-hydroxylation sites is 1. The predicted molar refractivity (Wildman–Crippen MR) is 79.7 cm³/mol. The second-order valence-electron chi connectivity index (χ2n) is 4.64. The Labute approximate surface area is 121 Å². The van der Waals surface area contributed by atoms with Crippen molar-refractivity contribution in [2.75, 3.05) is 0 Å². The molecule has 0 bridgehead atoms. The van der Waals surface area contributed by atoms with Gasteiger partial charge in [0.15, 0.2) is 0 Å². The minimum Gasteiger partial charge on any atom is -0.457 e. The first-order valence-electron chi connectivity index (χ1n) is 6.42. The molecule has 0 spiro atoms. The maximum absolute atomic E-state index is 10.9. The lowest BCUT2D eigenvalue weighted by molar-refractivity contribution is -0.384. The quantitative estimate of drug-likeness (QED) is 0.531. The highest BCUT2D eigenvalue weighted by atomic mass is 16.6. The Hall–Kier alpha value is -2.95. The molecule has 1 heterocycles. The van der Waals surface area contributed by atoms with Gasteiger partial charge >= 0.3 is 0 Å². The first-order valence-corrected chi connectivity index (χ1v) is 6.42. The Balaban J connectivity index is 2.15. The molecule has 5 heteroatoms. The third-order valence-electron chi connectivity index (χ3n) is 3.06. The number of fused-ring (bicyclic) bond motifs is 1. The molecule has 0 aliphatic heterocycles. The van der Waals surface area contributed by atoms with Gasteiger partial charge in [-0.15, -0.1) is 0 Å².